The summed E-state index contributed by atoms with van der Waals surface area (Å²) in [5.41, 5.74) is 2.74. The number of fused-ring (bicyclic) bond motifs is 1. The van der Waals surface area contributed by atoms with Gasteiger partial charge in [0, 0.05) is 11.4 Å². The van der Waals surface area contributed by atoms with Crippen molar-refractivity contribution in [2.75, 3.05) is 12.9 Å². The van der Waals surface area contributed by atoms with Gasteiger partial charge in [-0.15, -0.1) is 11.3 Å². The number of thioether (sulfide) groups is 1. The van der Waals surface area contributed by atoms with Gasteiger partial charge in [0.1, 0.15) is 22.9 Å². The van der Waals surface area contributed by atoms with Crippen LogP contribution in [0.15, 0.2) is 66.0 Å². The molecule has 0 radical (unpaired) electrons. The first-order valence-electron chi connectivity index (χ1n) is 9.15. The minimum atomic E-state index is -0.267. The molecule has 8 heteroatoms. The highest BCUT2D eigenvalue weighted by atomic mass is 32.2. The Hall–Kier alpha value is -2.97. The second kappa shape index (κ2) is 9.23. The fraction of sp³-hybridized carbons (Fsp3) is 0.136. The van der Waals surface area contributed by atoms with E-state index in [1.54, 1.807) is 19.2 Å². The molecule has 0 bridgehead atoms. The molecule has 30 heavy (non-hydrogen) atoms. The van der Waals surface area contributed by atoms with E-state index in [9.17, 15) is 9.18 Å². The van der Waals surface area contributed by atoms with Crippen molar-refractivity contribution in [3.8, 4) is 16.2 Å². The molecule has 4 aromatic rings. The average Bonchev–Trinajstić information content (AvgIpc) is 3.22. The zero-order valence-corrected chi connectivity index (χ0v) is 17.7. The molecule has 152 valence electrons. The van der Waals surface area contributed by atoms with Gasteiger partial charge in [0.2, 0.25) is 5.91 Å². The summed E-state index contributed by atoms with van der Waals surface area (Å²) in [7, 11) is 1.62. The van der Waals surface area contributed by atoms with E-state index >= 15 is 0 Å². The second-order valence-corrected chi connectivity index (χ2v) is 8.44. The van der Waals surface area contributed by atoms with Gasteiger partial charge in [0.25, 0.3) is 0 Å². The summed E-state index contributed by atoms with van der Waals surface area (Å²) in [5.74, 6) is 0.699. The summed E-state index contributed by atoms with van der Waals surface area (Å²) in [5, 5.41) is 3.68. The molecule has 2 aromatic carbocycles. The molecular weight excluding hydrogens is 421 g/mol. The molecule has 1 amide bonds. The van der Waals surface area contributed by atoms with Gasteiger partial charge >= 0.3 is 0 Å². The standard InChI is InChI=1S/C22H18FN3O2S2/c1-28-17-8-2-14(3-9-17)11-24-20(27)12-29-22-21-18(25-13-26-22)10-19(30-21)15-4-6-16(23)7-5-15/h2-10,13H,11-12H2,1H3,(H,24,27). The fourth-order valence-corrected chi connectivity index (χ4v) is 4.85. The molecule has 0 saturated carbocycles. The van der Waals surface area contributed by atoms with Crippen LogP contribution in [0.1, 0.15) is 5.56 Å². The van der Waals surface area contributed by atoms with E-state index in [-0.39, 0.29) is 17.5 Å². The van der Waals surface area contributed by atoms with Crippen molar-refractivity contribution in [1.29, 1.82) is 0 Å². The zero-order chi connectivity index (χ0) is 20.9. The van der Waals surface area contributed by atoms with Crippen LogP contribution in [0.5, 0.6) is 5.75 Å². The van der Waals surface area contributed by atoms with Crippen LogP contribution in [-0.2, 0) is 11.3 Å². The van der Waals surface area contributed by atoms with Crippen molar-refractivity contribution >= 4 is 39.2 Å². The number of methoxy groups -OCH3 is 1. The number of carbonyl (C=O) groups excluding carboxylic acids is 1. The predicted molar refractivity (Wildman–Crippen MR) is 118 cm³/mol. The van der Waals surface area contributed by atoms with E-state index < -0.39 is 0 Å². The molecule has 0 fully saturated rings. The van der Waals surface area contributed by atoms with Crippen molar-refractivity contribution in [1.82, 2.24) is 15.3 Å². The number of nitrogens with zero attached hydrogens (tertiary/aromatic N) is 2. The Kier molecular flexibility index (Phi) is 6.25. The van der Waals surface area contributed by atoms with E-state index in [1.165, 1.54) is 41.6 Å². The third-order valence-corrected chi connectivity index (χ3v) is 6.69. The topological polar surface area (TPSA) is 64.1 Å². The van der Waals surface area contributed by atoms with Crippen LogP contribution in [0.2, 0.25) is 0 Å². The van der Waals surface area contributed by atoms with Gasteiger partial charge in [-0.05, 0) is 41.5 Å². The number of amides is 1. The Morgan fingerprint density at radius 2 is 1.90 bits per heavy atom. The molecule has 1 N–H and O–H groups in total. The van der Waals surface area contributed by atoms with E-state index in [0.29, 0.717) is 6.54 Å². The lowest BCUT2D eigenvalue weighted by atomic mass is 10.2. The molecule has 0 atom stereocenters. The maximum Gasteiger partial charge on any atom is 0.230 e. The number of aromatic nitrogens is 2. The van der Waals surface area contributed by atoms with Crippen LogP contribution < -0.4 is 10.1 Å². The summed E-state index contributed by atoms with van der Waals surface area (Å²) < 4.78 is 19.2. The molecule has 0 spiro atoms. The maximum absolute atomic E-state index is 13.2. The van der Waals surface area contributed by atoms with Crippen molar-refractivity contribution in [3.05, 3.63) is 72.3 Å². The lowest BCUT2D eigenvalue weighted by Crippen LogP contribution is -2.24. The highest BCUT2D eigenvalue weighted by Crippen LogP contribution is 2.36. The summed E-state index contributed by atoms with van der Waals surface area (Å²) in [6.07, 6.45) is 1.50. The normalized spacial score (nSPS) is 10.9. The highest BCUT2D eigenvalue weighted by molar-refractivity contribution is 8.00. The van der Waals surface area contributed by atoms with Crippen LogP contribution in [0, 0.1) is 5.82 Å². The monoisotopic (exact) mass is 439 g/mol. The molecule has 0 aliphatic rings. The first-order valence-corrected chi connectivity index (χ1v) is 11.0. The molecule has 0 aliphatic carbocycles. The SMILES string of the molecule is COc1ccc(CNC(=O)CSc2ncnc3cc(-c4ccc(F)cc4)sc23)cc1. The number of rotatable bonds is 7. The van der Waals surface area contributed by atoms with Crippen molar-refractivity contribution in [2.45, 2.75) is 11.6 Å². The first kappa shape index (κ1) is 20.3. The molecule has 2 heterocycles. The molecular formula is C22H18FN3O2S2. The van der Waals surface area contributed by atoms with E-state index in [4.69, 9.17) is 4.74 Å². The largest absolute Gasteiger partial charge is 0.497 e. The Morgan fingerprint density at radius 3 is 2.63 bits per heavy atom. The van der Waals surface area contributed by atoms with Gasteiger partial charge in [-0.25, -0.2) is 14.4 Å². The van der Waals surface area contributed by atoms with Gasteiger partial charge in [-0.3, -0.25) is 4.79 Å². The smallest absolute Gasteiger partial charge is 0.230 e. The van der Waals surface area contributed by atoms with Gasteiger partial charge in [0.05, 0.1) is 23.1 Å². The van der Waals surface area contributed by atoms with Gasteiger partial charge < -0.3 is 10.1 Å². The Balaban J connectivity index is 1.40. The number of hydrogen-bond donors (Lipinski definition) is 1. The molecule has 0 saturated heterocycles. The van der Waals surface area contributed by atoms with Crippen LogP contribution in [0.4, 0.5) is 4.39 Å². The van der Waals surface area contributed by atoms with Crippen molar-refractivity contribution in [2.24, 2.45) is 0 Å². The van der Waals surface area contributed by atoms with Crippen molar-refractivity contribution in [3.63, 3.8) is 0 Å². The molecule has 2 aromatic heterocycles. The average molecular weight is 440 g/mol. The quantitative estimate of drug-likeness (QED) is 0.327. The van der Waals surface area contributed by atoms with Crippen LogP contribution in [0.25, 0.3) is 20.7 Å². The number of nitrogens with one attached hydrogen (secondary N) is 1. The Morgan fingerprint density at radius 1 is 1.13 bits per heavy atom. The molecule has 5 nitrogen and oxygen atoms in total. The van der Waals surface area contributed by atoms with Crippen LogP contribution >= 0.6 is 23.1 Å². The van der Waals surface area contributed by atoms with E-state index in [0.717, 1.165) is 37.0 Å². The molecule has 0 unspecified atom stereocenters. The van der Waals surface area contributed by atoms with Crippen LogP contribution in [-0.4, -0.2) is 28.7 Å². The third kappa shape index (κ3) is 4.77. The fourth-order valence-electron chi connectivity index (χ4n) is 2.82. The van der Waals surface area contributed by atoms with Gasteiger partial charge in [0.15, 0.2) is 0 Å². The summed E-state index contributed by atoms with van der Waals surface area (Å²) in [6.45, 7) is 0.455. The van der Waals surface area contributed by atoms with Gasteiger partial charge in [-0.1, -0.05) is 36.0 Å². The zero-order valence-electron chi connectivity index (χ0n) is 16.1. The number of halogens is 1. The van der Waals surface area contributed by atoms with E-state index in [1.807, 2.05) is 30.3 Å². The lowest BCUT2D eigenvalue weighted by Gasteiger charge is -2.06. The van der Waals surface area contributed by atoms with E-state index in [2.05, 4.69) is 15.3 Å². The lowest BCUT2D eigenvalue weighted by molar-refractivity contribution is -0.118. The molecule has 4 rings (SSSR count). The number of carbonyl (C=O) groups is 1. The summed E-state index contributed by atoms with van der Waals surface area (Å²) >= 11 is 2.91. The maximum atomic E-state index is 13.2. The predicted octanol–water partition coefficient (Wildman–Crippen LogP) is 4.91. The summed E-state index contributed by atoms with van der Waals surface area (Å²) in [4.78, 5) is 21.9. The molecule has 0 aliphatic heterocycles. The van der Waals surface area contributed by atoms with Crippen LogP contribution in [0.3, 0.4) is 0 Å². The first-order chi connectivity index (χ1) is 14.6. The highest BCUT2D eigenvalue weighted by Gasteiger charge is 2.12. The number of ether oxygens (including phenoxy) is 1. The second-order valence-electron chi connectivity index (χ2n) is 6.42. The number of thiophene rings is 1. The number of hydrogen-bond acceptors (Lipinski definition) is 6. The third-order valence-electron chi connectivity index (χ3n) is 4.40. The summed E-state index contributed by atoms with van der Waals surface area (Å²) in [6, 6.07) is 15.9. The van der Waals surface area contributed by atoms with Crippen molar-refractivity contribution < 1.29 is 13.9 Å². The minimum absolute atomic E-state index is 0.0714. The minimum Gasteiger partial charge on any atom is -0.497 e. The van der Waals surface area contributed by atoms with Gasteiger partial charge in [-0.2, -0.15) is 0 Å². The number of benzene rings is 2. The Labute approximate surface area is 181 Å². The Bertz CT molecular complexity index is 1160.